The molecule has 4 aromatic rings. The molecule has 0 saturated carbocycles. The van der Waals surface area contributed by atoms with Gasteiger partial charge in [0.25, 0.3) is 0 Å². The van der Waals surface area contributed by atoms with E-state index in [1.807, 2.05) is 103 Å². The summed E-state index contributed by atoms with van der Waals surface area (Å²) in [5.41, 5.74) is 3.73. The monoisotopic (exact) mass is 499 g/mol. The predicted octanol–water partition coefficient (Wildman–Crippen LogP) is 5.46. The maximum absolute atomic E-state index is 14.1. The number of hydrogen-bond donors (Lipinski definition) is 0. The molecule has 0 spiro atoms. The SMILES string of the molecule is COc1ccc(C2c3cccn3-c3ccccc3N2C(=O)CN(C(=O)Cc2cccs2)C(C)C)cc1. The molecule has 0 fully saturated rings. The maximum Gasteiger partial charge on any atom is 0.247 e. The first-order valence-electron chi connectivity index (χ1n) is 12.0. The number of fused-ring (bicyclic) bond motifs is 3. The molecule has 7 heteroatoms. The van der Waals surface area contributed by atoms with Gasteiger partial charge in [-0.25, -0.2) is 0 Å². The summed E-state index contributed by atoms with van der Waals surface area (Å²) in [5.74, 6) is 0.591. The van der Waals surface area contributed by atoms with Crippen LogP contribution in [-0.4, -0.2) is 41.0 Å². The summed E-state index contributed by atoms with van der Waals surface area (Å²) < 4.78 is 7.50. The fourth-order valence-corrected chi connectivity index (χ4v) is 5.50. The van der Waals surface area contributed by atoms with Crippen LogP contribution in [0.1, 0.15) is 36.0 Å². The van der Waals surface area contributed by atoms with Crippen molar-refractivity contribution in [1.29, 1.82) is 0 Å². The van der Waals surface area contributed by atoms with E-state index >= 15 is 0 Å². The number of aromatic nitrogens is 1. The molecular weight excluding hydrogens is 470 g/mol. The standard InChI is InChI=1S/C29H29N3O3S/c1-20(2)31(27(33)18-23-8-7-17-36-23)19-28(34)32-25-10-5-4-9-24(25)30-16-6-11-26(30)29(32)21-12-14-22(35-3)15-13-21/h4-17,20,29H,18-19H2,1-3H3. The Balaban J connectivity index is 1.53. The topological polar surface area (TPSA) is 54.8 Å². The molecule has 6 nitrogen and oxygen atoms in total. The number of amides is 2. The highest BCUT2D eigenvalue weighted by atomic mass is 32.1. The van der Waals surface area contributed by atoms with Crippen molar-refractivity contribution in [3.8, 4) is 11.4 Å². The summed E-state index contributed by atoms with van der Waals surface area (Å²) in [6.45, 7) is 3.91. The van der Waals surface area contributed by atoms with Gasteiger partial charge in [-0.1, -0.05) is 30.3 Å². The number of anilines is 1. The van der Waals surface area contributed by atoms with Gasteiger partial charge >= 0.3 is 0 Å². The number of methoxy groups -OCH3 is 1. The van der Waals surface area contributed by atoms with Crippen molar-refractivity contribution in [2.24, 2.45) is 0 Å². The second kappa shape index (κ2) is 10.0. The van der Waals surface area contributed by atoms with Crippen LogP contribution in [0.5, 0.6) is 5.75 Å². The van der Waals surface area contributed by atoms with Gasteiger partial charge in [0.2, 0.25) is 11.8 Å². The molecule has 1 atom stereocenters. The van der Waals surface area contributed by atoms with Crippen molar-refractivity contribution < 1.29 is 14.3 Å². The van der Waals surface area contributed by atoms with Crippen molar-refractivity contribution in [2.45, 2.75) is 32.4 Å². The van der Waals surface area contributed by atoms with Crippen molar-refractivity contribution in [2.75, 3.05) is 18.6 Å². The minimum atomic E-state index is -0.338. The van der Waals surface area contributed by atoms with Crippen LogP contribution < -0.4 is 9.64 Å². The molecule has 0 N–H and O–H groups in total. The van der Waals surface area contributed by atoms with Crippen LogP contribution in [0.2, 0.25) is 0 Å². The molecule has 2 aromatic heterocycles. The Kier molecular flexibility index (Phi) is 6.65. The van der Waals surface area contributed by atoms with Crippen molar-refractivity contribution in [3.63, 3.8) is 0 Å². The maximum atomic E-state index is 14.1. The lowest BCUT2D eigenvalue weighted by Gasteiger charge is -2.40. The molecule has 0 bridgehead atoms. The van der Waals surface area contributed by atoms with Gasteiger partial charge in [0.1, 0.15) is 18.3 Å². The molecule has 5 rings (SSSR count). The normalized spacial score (nSPS) is 14.3. The lowest BCUT2D eigenvalue weighted by Crippen LogP contribution is -2.49. The molecule has 184 valence electrons. The molecule has 2 aromatic carbocycles. The van der Waals surface area contributed by atoms with Crippen molar-refractivity contribution >= 4 is 28.8 Å². The Morgan fingerprint density at radius 3 is 2.39 bits per heavy atom. The highest BCUT2D eigenvalue weighted by molar-refractivity contribution is 7.10. The van der Waals surface area contributed by atoms with Crippen LogP contribution in [0.3, 0.4) is 0 Å². The Hall–Kier alpha value is -3.84. The van der Waals surface area contributed by atoms with E-state index in [2.05, 4.69) is 4.57 Å². The summed E-state index contributed by atoms with van der Waals surface area (Å²) in [6, 6.07) is 23.2. The molecule has 36 heavy (non-hydrogen) atoms. The zero-order valence-electron chi connectivity index (χ0n) is 20.6. The van der Waals surface area contributed by atoms with Gasteiger partial charge in [-0.05, 0) is 67.3 Å². The fraction of sp³-hybridized carbons (Fsp3) is 0.241. The van der Waals surface area contributed by atoms with Gasteiger partial charge < -0.3 is 14.2 Å². The molecule has 2 amide bonds. The number of hydrogen-bond acceptors (Lipinski definition) is 4. The lowest BCUT2D eigenvalue weighted by molar-refractivity contribution is -0.136. The molecule has 3 heterocycles. The van der Waals surface area contributed by atoms with E-state index in [9.17, 15) is 9.59 Å². The van der Waals surface area contributed by atoms with Gasteiger partial charge in [-0.2, -0.15) is 0 Å². The first kappa shape index (κ1) is 23.9. The Labute approximate surface area is 215 Å². The highest BCUT2D eigenvalue weighted by Gasteiger charge is 2.37. The fourth-order valence-electron chi connectivity index (χ4n) is 4.81. The number of nitrogens with zero attached hydrogens (tertiary/aromatic N) is 3. The first-order chi connectivity index (χ1) is 17.5. The van der Waals surface area contributed by atoms with Crippen LogP contribution in [-0.2, 0) is 16.0 Å². The van der Waals surface area contributed by atoms with Crippen LogP contribution in [0.4, 0.5) is 5.69 Å². The van der Waals surface area contributed by atoms with Gasteiger partial charge in [0, 0.05) is 17.1 Å². The quantitative estimate of drug-likeness (QED) is 0.339. The van der Waals surface area contributed by atoms with E-state index < -0.39 is 0 Å². The summed E-state index contributed by atoms with van der Waals surface area (Å²) in [7, 11) is 1.64. The largest absolute Gasteiger partial charge is 0.497 e. The van der Waals surface area contributed by atoms with E-state index in [1.54, 1.807) is 23.3 Å². The lowest BCUT2D eigenvalue weighted by atomic mass is 9.97. The third-order valence-electron chi connectivity index (χ3n) is 6.57. The van der Waals surface area contributed by atoms with E-state index in [0.717, 1.165) is 33.3 Å². The second-order valence-corrected chi connectivity index (χ2v) is 10.1. The minimum absolute atomic E-state index is 0.00354. The number of thiophene rings is 1. The average molecular weight is 500 g/mol. The Morgan fingerprint density at radius 2 is 1.72 bits per heavy atom. The smallest absolute Gasteiger partial charge is 0.247 e. The predicted molar refractivity (Wildman–Crippen MR) is 143 cm³/mol. The average Bonchev–Trinajstić information content (AvgIpc) is 3.58. The number of benzene rings is 2. The van der Waals surface area contributed by atoms with Gasteiger partial charge in [-0.3, -0.25) is 14.5 Å². The van der Waals surface area contributed by atoms with Gasteiger partial charge in [0.05, 0.1) is 30.6 Å². The number of ether oxygens (including phenoxy) is 1. The number of rotatable bonds is 7. The van der Waals surface area contributed by atoms with E-state index in [-0.39, 0.29) is 30.4 Å². The van der Waals surface area contributed by atoms with E-state index in [4.69, 9.17) is 4.74 Å². The number of carbonyl (C=O) groups excluding carboxylic acids is 2. The summed E-state index contributed by atoms with van der Waals surface area (Å²) in [5, 5.41) is 1.96. The first-order valence-corrected chi connectivity index (χ1v) is 12.9. The highest BCUT2D eigenvalue weighted by Crippen LogP contribution is 2.42. The van der Waals surface area contributed by atoms with Crippen LogP contribution in [0, 0.1) is 0 Å². The second-order valence-electron chi connectivity index (χ2n) is 9.10. The zero-order chi connectivity index (χ0) is 25.2. The van der Waals surface area contributed by atoms with E-state index in [1.165, 1.54) is 0 Å². The Morgan fingerprint density at radius 1 is 0.972 bits per heavy atom. The molecule has 1 aliphatic heterocycles. The molecular formula is C29H29N3O3S. The third kappa shape index (κ3) is 4.42. The number of carbonyl (C=O) groups is 2. The van der Waals surface area contributed by atoms with E-state index in [0.29, 0.717) is 6.42 Å². The summed E-state index contributed by atoms with van der Waals surface area (Å²) >= 11 is 1.56. The summed E-state index contributed by atoms with van der Waals surface area (Å²) in [4.78, 5) is 31.9. The molecule has 0 radical (unpaired) electrons. The van der Waals surface area contributed by atoms with Crippen LogP contribution in [0.25, 0.3) is 5.69 Å². The van der Waals surface area contributed by atoms with Crippen molar-refractivity contribution in [1.82, 2.24) is 9.47 Å². The molecule has 1 unspecified atom stereocenters. The zero-order valence-corrected chi connectivity index (χ0v) is 21.4. The number of para-hydroxylation sites is 2. The van der Waals surface area contributed by atoms with Gasteiger partial charge in [-0.15, -0.1) is 11.3 Å². The van der Waals surface area contributed by atoms with Crippen molar-refractivity contribution in [3.05, 3.63) is 101 Å². The van der Waals surface area contributed by atoms with Crippen LogP contribution in [0.15, 0.2) is 84.4 Å². The molecule has 0 aliphatic carbocycles. The van der Waals surface area contributed by atoms with Crippen LogP contribution >= 0.6 is 11.3 Å². The molecule has 1 aliphatic rings. The molecule has 0 saturated heterocycles. The van der Waals surface area contributed by atoms with Gasteiger partial charge in [0.15, 0.2) is 0 Å². The minimum Gasteiger partial charge on any atom is -0.497 e. The third-order valence-corrected chi connectivity index (χ3v) is 7.45. The Bertz CT molecular complexity index is 1360. The summed E-state index contributed by atoms with van der Waals surface area (Å²) in [6.07, 6.45) is 2.32.